The Hall–Kier alpha value is -3.49. The zero-order valence-corrected chi connectivity index (χ0v) is 16.7. The van der Waals surface area contributed by atoms with Crippen LogP contribution < -0.4 is 20.9 Å². The minimum Gasteiger partial charge on any atom is -0.481 e. The quantitative estimate of drug-likeness (QED) is 0.600. The van der Waals surface area contributed by atoms with Gasteiger partial charge in [-0.2, -0.15) is 0 Å². The van der Waals surface area contributed by atoms with Gasteiger partial charge in [0.15, 0.2) is 6.10 Å². The van der Waals surface area contributed by atoms with E-state index in [0.717, 1.165) is 12.1 Å². The Kier molecular flexibility index (Phi) is 7.85. The van der Waals surface area contributed by atoms with Gasteiger partial charge in [-0.3, -0.25) is 25.2 Å². The Bertz CT molecular complexity index is 886. The van der Waals surface area contributed by atoms with Crippen LogP contribution in [0, 0.1) is 17.6 Å². The molecule has 0 fully saturated rings. The van der Waals surface area contributed by atoms with Crippen molar-refractivity contribution in [2.45, 2.75) is 32.9 Å². The molecule has 30 heavy (non-hydrogen) atoms. The lowest BCUT2D eigenvalue weighted by molar-refractivity contribution is -0.133. The van der Waals surface area contributed by atoms with E-state index in [2.05, 4.69) is 16.2 Å². The largest absolute Gasteiger partial charge is 0.481 e. The first-order chi connectivity index (χ1) is 14.2. The van der Waals surface area contributed by atoms with Crippen molar-refractivity contribution in [3.05, 3.63) is 65.7 Å². The number of carbonyl (C=O) groups excluding carboxylic acids is 3. The van der Waals surface area contributed by atoms with Crippen LogP contribution in [-0.2, 0) is 9.59 Å². The van der Waals surface area contributed by atoms with Crippen LogP contribution in [0.3, 0.4) is 0 Å². The summed E-state index contributed by atoms with van der Waals surface area (Å²) in [7, 11) is 0. The third kappa shape index (κ3) is 6.54. The fourth-order valence-corrected chi connectivity index (χ4v) is 2.43. The van der Waals surface area contributed by atoms with Crippen LogP contribution >= 0.6 is 0 Å². The minimum absolute atomic E-state index is 0.195. The van der Waals surface area contributed by atoms with Gasteiger partial charge < -0.3 is 10.1 Å². The van der Waals surface area contributed by atoms with Crippen molar-refractivity contribution in [3.8, 4) is 5.75 Å². The summed E-state index contributed by atoms with van der Waals surface area (Å²) in [4.78, 5) is 36.9. The number of carbonyl (C=O) groups is 3. The normalized spacial score (nSPS) is 12.6. The molecule has 0 spiro atoms. The lowest BCUT2D eigenvalue weighted by Gasteiger charge is -2.22. The summed E-state index contributed by atoms with van der Waals surface area (Å²) < 4.78 is 31.3. The van der Waals surface area contributed by atoms with E-state index in [1.165, 1.54) is 43.3 Å². The second-order valence-electron chi connectivity index (χ2n) is 6.89. The van der Waals surface area contributed by atoms with Crippen LogP contribution in [0.15, 0.2) is 48.5 Å². The highest BCUT2D eigenvalue weighted by Crippen LogP contribution is 2.13. The molecule has 2 atom stereocenters. The number of halogens is 2. The molecule has 0 aliphatic rings. The molecule has 2 rings (SSSR count). The van der Waals surface area contributed by atoms with Gasteiger partial charge in [0, 0.05) is 5.56 Å². The Balaban J connectivity index is 1.90. The van der Waals surface area contributed by atoms with Crippen molar-refractivity contribution in [1.82, 2.24) is 16.2 Å². The summed E-state index contributed by atoms with van der Waals surface area (Å²) in [5, 5.41) is 2.56. The van der Waals surface area contributed by atoms with Crippen molar-refractivity contribution in [2.24, 2.45) is 5.92 Å². The molecule has 3 amide bonds. The van der Waals surface area contributed by atoms with Crippen molar-refractivity contribution in [1.29, 1.82) is 0 Å². The SMILES string of the molecule is CC(C)[C@H](NC(=O)c1ccc(F)cc1)C(=O)NNC(=O)[C@@H](C)Oc1ccc(F)cc1. The van der Waals surface area contributed by atoms with E-state index in [1.54, 1.807) is 13.8 Å². The molecule has 9 heteroatoms. The van der Waals surface area contributed by atoms with Crippen molar-refractivity contribution in [2.75, 3.05) is 0 Å². The maximum absolute atomic E-state index is 13.0. The average molecular weight is 419 g/mol. The molecule has 160 valence electrons. The van der Waals surface area contributed by atoms with E-state index in [0.29, 0.717) is 0 Å². The molecule has 0 aromatic heterocycles. The zero-order chi connectivity index (χ0) is 22.3. The second kappa shape index (κ2) is 10.3. The van der Waals surface area contributed by atoms with E-state index in [1.807, 2.05) is 0 Å². The summed E-state index contributed by atoms with van der Waals surface area (Å²) in [6, 6.07) is 9.07. The van der Waals surface area contributed by atoms with E-state index in [-0.39, 0.29) is 17.2 Å². The Morgan fingerprint density at radius 3 is 1.83 bits per heavy atom. The zero-order valence-electron chi connectivity index (χ0n) is 16.7. The standard InChI is InChI=1S/C21H23F2N3O4/c1-12(2)18(24-20(28)14-4-6-15(22)7-5-14)21(29)26-25-19(27)13(3)30-17-10-8-16(23)9-11-17/h4-13,18H,1-3H3,(H,24,28)(H,25,27)(H,26,29)/t13-,18+/m1/s1. The third-order valence-electron chi connectivity index (χ3n) is 4.15. The van der Waals surface area contributed by atoms with Gasteiger partial charge >= 0.3 is 0 Å². The molecule has 0 bridgehead atoms. The number of benzene rings is 2. The highest BCUT2D eigenvalue weighted by Gasteiger charge is 2.26. The molecule has 0 heterocycles. The Morgan fingerprint density at radius 1 is 0.800 bits per heavy atom. The molecule has 0 saturated carbocycles. The van der Waals surface area contributed by atoms with Gasteiger partial charge in [-0.15, -0.1) is 0 Å². The molecule has 7 nitrogen and oxygen atoms in total. The van der Waals surface area contributed by atoms with Gasteiger partial charge in [-0.1, -0.05) is 13.8 Å². The molecule has 0 aliphatic heterocycles. The monoisotopic (exact) mass is 419 g/mol. The van der Waals surface area contributed by atoms with Crippen molar-refractivity contribution in [3.63, 3.8) is 0 Å². The van der Waals surface area contributed by atoms with Gasteiger partial charge in [0.2, 0.25) is 0 Å². The van der Waals surface area contributed by atoms with Crippen LogP contribution in [0.25, 0.3) is 0 Å². The van der Waals surface area contributed by atoms with Crippen LogP contribution in [0.2, 0.25) is 0 Å². The van der Waals surface area contributed by atoms with Crippen molar-refractivity contribution < 1.29 is 27.9 Å². The maximum Gasteiger partial charge on any atom is 0.279 e. The van der Waals surface area contributed by atoms with Gasteiger partial charge in [0.25, 0.3) is 17.7 Å². The molecule has 3 N–H and O–H groups in total. The number of ether oxygens (including phenoxy) is 1. The Morgan fingerprint density at radius 2 is 1.30 bits per heavy atom. The lowest BCUT2D eigenvalue weighted by Crippen LogP contribution is -2.55. The molecule has 0 radical (unpaired) electrons. The number of amides is 3. The van der Waals surface area contributed by atoms with E-state index in [4.69, 9.17) is 4.74 Å². The lowest BCUT2D eigenvalue weighted by atomic mass is 10.0. The first kappa shape index (κ1) is 22.8. The smallest absolute Gasteiger partial charge is 0.279 e. The van der Waals surface area contributed by atoms with Gasteiger partial charge in [0.05, 0.1) is 0 Å². The number of nitrogens with one attached hydrogen (secondary N) is 3. The van der Waals surface area contributed by atoms with Crippen LogP contribution in [0.4, 0.5) is 8.78 Å². The van der Waals surface area contributed by atoms with Crippen molar-refractivity contribution >= 4 is 17.7 Å². The number of hydrogen-bond donors (Lipinski definition) is 3. The molecule has 0 saturated heterocycles. The average Bonchev–Trinajstić information content (AvgIpc) is 2.71. The fourth-order valence-electron chi connectivity index (χ4n) is 2.43. The summed E-state index contributed by atoms with van der Waals surface area (Å²) in [5.74, 6) is -2.75. The first-order valence-electron chi connectivity index (χ1n) is 9.25. The number of rotatable bonds is 7. The summed E-state index contributed by atoms with van der Waals surface area (Å²) in [6.45, 7) is 4.90. The number of hydrogen-bond acceptors (Lipinski definition) is 4. The van der Waals surface area contributed by atoms with Crippen LogP contribution in [0.5, 0.6) is 5.75 Å². The predicted molar refractivity (Wildman–Crippen MR) is 105 cm³/mol. The summed E-state index contributed by atoms with van der Waals surface area (Å²) in [6.07, 6.45) is -0.970. The summed E-state index contributed by atoms with van der Waals surface area (Å²) in [5.41, 5.74) is 4.68. The highest BCUT2D eigenvalue weighted by atomic mass is 19.1. The molecule has 2 aromatic carbocycles. The number of hydrazine groups is 1. The highest BCUT2D eigenvalue weighted by molar-refractivity contribution is 5.97. The third-order valence-corrected chi connectivity index (χ3v) is 4.15. The van der Waals surface area contributed by atoms with Crippen LogP contribution in [-0.4, -0.2) is 29.9 Å². The fraction of sp³-hybridized carbons (Fsp3) is 0.286. The molecular weight excluding hydrogens is 396 g/mol. The van der Waals surface area contributed by atoms with E-state index >= 15 is 0 Å². The minimum atomic E-state index is -0.970. The first-order valence-corrected chi connectivity index (χ1v) is 9.25. The van der Waals surface area contributed by atoms with E-state index < -0.39 is 41.5 Å². The van der Waals surface area contributed by atoms with E-state index in [9.17, 15) is 23.2 Å². The summed E-state index contributed by atoms with van der Waals surface area (Å²) >= 11 is 0. The Labute approximate surface area is 172 Å². The topological polar surface area (TPSA) is 96.5 Å². The maximum atomic E-state index is 13.0. The second-order valence-corrected chi connectivity index (χ2v) is 6.89. The van der Waals surface area contributed by atoms with Gasteiger partial charge in [-0.05, 0) is 61.4 Å². The molecular formula is C21H23F2N3O4. The van der Waals surface area contributed by atoms with Gasteiger partial charge in [0.1, 0.15) is 23.4 Å². The van der Waals surface area contributed by atoms with Crippen LogP contribution in [0.1, 0.15) is 31.1 Å². The van der Waals surface area contributed by atoms with Gasteiger partial charge in [-0.25, -0.2) is 8.78 Å². The molecule has 0 unspecified atom stereocenters. The molecule has 2 aromatic rings. The molecule has 0 aliphatic carbocycles. The predicted octanol–water partition coefficient (Wildman–Crippen LogP) is 2.33.